The van der Waals surface area contributed by atoms with Gasteiger partial charge in [0.1, 0.15) is 0 Å². The van der Waals surface area contributed by atoms with Gasteiger partial charge in [-0.05, 0) is 16.8 Å². The molecule has 0 aromatic carbocycles. The number of imidazole rings is 1. The zero-order valence-electron chi connectivity index (χ0n) is 6.94. The average Bonchev–Trinajstić information content (AvgIpc) is 2.27. The van der Waals surface area contributed by atoms with Crippen molar-refractivity contribution in [3.05, 3.63) is 15.9 Å². The van der Waals surface area contributed by atoms with E-state index in [0.717, 1.165) is 0 Å². The molecule has 0 atom stereocenters. The molecule has 1 aromatic rings. The monoisotopic (exact) mass is 165 g/mol. The highest BCUT2D eigenvalue weighted by atomic mass is 16.6. The maximum Gasteiger partial charge on any atom is 0.373 e. The summed E-state index contributed by atoms with van der Waals surface area (Å²) in [4.78, 5) is 13.5. The van der Waals surface area contributed by atoms with E-state index in [1.807, 2.05) is 6.92 Å². The predicted molar refractivity (Wildman–Crippen MR) is 44.7 cm³/mol. The minimum Gasteiger partial charge on any atom is -0.358 e. The second kappa shape index (κ2) is 2.96. The topological polar surface area (TPSA) is 61.0 Å². The van der Waals surface area contributed by atoms with Crippen molar-refractivity contribution in [1.82, 2.24) is 9.55 Å². The Hall–Kier alpha value is -1.33. The van der Waals surface area contributed by atoms with Crippen LogP contribution in [-0.2, 0) is 6.54 Å². The van der Waals surface area contributed by atoms with Gasteiger partial charge >= 0.3 is 5.82 Å². The van der Waals surface area contributed by atoms with Crippen molar-refractivity contribution in [3.63, 3.8) is 0 Å². The molecule has 1 heterocycles. The lowest BCUT2D eigenvalue weighted by Crippen LogP contribution is -2.19. The lowest BCUT2D eigenvalue weighted by atomic mass is 10.0. The molecule has 0 unspecified atom stereocenters. The van der Waals surface area contributed by atoms with Gasteiger partial charge in [-0.1, -0.05) is 0 Å². The van der Waals surface area contributed by atoms with Crippen molar-refractivity contribution in [2.24, 2.45) is 0 Å². The predicted octanol–water partition coefficient (Wildman–Crippen LogP) is -0.0866. The quantitative estimate of drug-likeness (QED) is 0.349. The first-order chi connectivity index (χ1) is 5.57. The minimum atomic E-state index is -0.575. The molecule has 0 N–H and O–H groups in total. The van der Waals surface area contributed by atoms with Crippen LogP contribution in [-0.4, -0.2) is 22.3 Å². The van der Waals surface area contributed by atoms with Crippen LogP contribution in [0.4, 0.5) is 5.82 Å². The largest absolute Gasteiger partial charge is 0.373 e. The maximum atomic E-state index is 10.4. The molecule has 0 aliphatic rings. The van der Waals surface area contributed by atoms with Crippen LogP contribution in [0.3, 0.4) is 0 Å². The molecule has 5 nitrogen and oxygen atoms in total. The average molecular weight is 165 g/mol. The standard InChI is InChI=1S/C6H8BN3O2/c1-3-9-4(2)8-6(5(9)7)10(11)12/h3H2,1-2H3. The molecule has 0 saturated heterocycles. The van der Waals surface area contributed by atoms with Crippen LogP contribution in [0.2, 0.25) is 0 Å². The Kier molecular flexibility index (Phi) is 2.17. The van der Waals surface area contributed by atoms with Crippen LogP contribution in [0, 0.1) is 17.0 Å². The summed E-state index contributed by atoms with van der Waals surface area (Å²) < 4.78 is 1.60. The molecule has 1 aromatic heterocycles. The maximum absolute atomic E-state index is 10.4. The Balaban J connectivity index is 3.26. The van der Waals surface area contributed by atoms with Gasteiger partial charge in [0.05, 0.1) is 5.59 Å². The van der Waals surface area contributed by atoms with E-state index in [1.165, 1.54) is 0 Å². The third-order valence-electron chi connectivity index (χ3n) is 1.67. The van der Waals surface area contributed by atoms with Crippen LogP contribution in [0.25, 0.3) is 0 Å². The molecular formula is C6H8BN3O2. The van der Waals surface area contributed by atoms with E-state index >= 15 is 0 Å². The van der Waals surface area contributed by atoms with E-state index in [-0.39, 0.29) is 11.4 Å². The van der Waals surface area contributed by atoms with Crippen LogP contribution in [0.1, 0.15) is 12.7 Å². The van der Waals surface area contributed by atoms with Crippen molar-refractivity contribution in [2.75, 3.05) is 0 Å². The van der Waals surface area contributed by atoms with Gasteiger partial charge in [-0.25, -0.2) is 0 Å². The van der Waals surface area contributed by atoms with Crippen molar-refractivity contribution in [3.8, 4) is 0 Å². The molecule has 0 aliphatic carbocycles. The highest BCUT2D eigenvalue weighted by Gasteiger charge is 2.19. The fraction of sp³-hybridized carbons (Fsp3) is 0.500. The van der Waals surface area contributed by atoms with Crippen LogP contribution < -0.4 is 5.59 Å². The third-order valence-corrected chi connectivity index (χ3v) is 1.67. The summed E-state index contributed by atoms with van der Waals surface area (Å²) >= 11 is 0. The van der Waals surface area contributed by atoms with Crippen LogP contribution >= 0.6 is 0 Å². The fourth-order valence-electron chi connectivity index (χ4n) is 1.10. The van der Waals surface area contributed by atoms with Crippen molar-refractivity contribution in [1.29, 1.82) is 0 Å². The minimum absolute atomic E-state index is 0.125. The number of aromatic nitrogens is 2. The van der Waals surface area contributed by atoms with Crippen molar-refractivity contribution >= 4 is 19.3 Å². The molecule has 0 bridgehead atoms. The third kappa shape index (κ3) is 1.20. The zero-order valence-corrected chi connectivity index (χ0v) is 6.94. The van der Waals surface area contributed by atoms with Gasteiger partial charge in [0.15, 0.2) is 7.85 Å². The fourth-order valence-corrected chi connectivity index (χ4v) is 1.10. The first-order valence-electron chi connectivity index (χ1n) is 3.55. The number of nitro groups is 1. The van der Waals surface area contributed by atoms with Gasteiger partial charge < -0.3 is 14.7 Å². The summed E-state index contributed by atoms with van der Waals surface area (Å²) in [6, 6.07) is 0. The van der Waals surface area contributed by atoms with Gasteiger partial charge in [0, 0.05) is 13.5 Å². The summed E-state index contributed by atoms with van der Waals surface area (Å²) in [5.41, 5.74) is 0.125. The van der Waals surface area contributed by atoms with E-state index in [4.69, 9.17) is 7.85 Å². The molecule has 0 fully saturated rings. The second-order valence-electron chi connectivity index (χ2n) is 2.37. The first-order valence-corrected chi connectivity index (χ1v) is 3.55. The molecule has 0 aliphatic heterocycles. The summed E-state index contributed by atoms with van der Waals surface area (Å²) in [5, 5.41) is 10.4. The SMILES string of the molecule is [B]c1c([N+](=O)[O-])nc(C)n1CC. The number of nitrogens with zero attached hydrogens (tertiary/aromatic N) is 3. The molecule has 62 valence electrons. The molecule has 2 radical (unpaired) electrons. The Morgan fingerprint density at radius 2 is 2.33 bits per heavy atom. The van der Waals surface area contributed by atoms with Gasteiger partial charge in [-0.15, -0.1) is 0 Å². The zero-order chi connectivity index (χ0) is 9.30. The number of hydrogen-bond acceptors (Lipinski definition) is 3. The molecule has 1 rings (SSSR count). The van der Waals surface area contributed by atoms with E-state index < -0.39 is 4.92 Å². The molecular weight excluding hydrogens is 157 g/mol. The summed E-state index contributed by atoms with van der Waals surface area (Å²) in [6.07, 6.45) is 0. The van der Waals surface area contributed by atoms with E-state index in [0.29, 0.717) is 12.4 Å². The number of aryl methyl sites for hydroxylation is 1. The van der Waals surface area contributed by atoms with Crippen LogP contribution in [0.5, 0.6) is 0 Å². The van der Waals surface area contributed by atoms with Crippen molar-refractivity contribution in [2.45, 2.75) is 20.4 Å². The Morgan fingerprint density at radius 3 is 2.58 bits per heavy atom. The number of hydrogen-bond donors (Lipinski definition) is 0. The Bertz CT molecular complexity index is 321. The van der Waals surface area contributed by atoms with E-state index in [9.17, 15) is 10.1 Å². The molecule has 0 amide bonds. The number of rotatable bonds is 2. The summed E-state index contributed by atoms with van der Waals surface area (Å²) in [6.45, 7) is 4.14. The first kappa shape index (κ1) is 8.77. The second-order valence-corrected chi connectivity index (χ2v) is 2.37. The lowest BCUT2D eigenvalue weighted by Gasteiger charge is -1.98. The normalized spacial score (nSPS) is 10.2. The van der Waals surface area contributed by atoms with Gasteiger partial charge in [-0.2, -0.15) is 0 Å². The summed E-state index contributed by atoms with van der Waals surface area (Å²) in [7, 11) is 5.47. The smallest absolute Gasteiger partial charge is 0.358 e. The molecule has 6 heteroatoms. The van der Waals surface area contributed by atoms with Crippen LogP contribution in [0.15, 0.2) is 0 Å². The Labute approximate surface area is 71.0 Å². The highest BCUT2D eigenvalue weighted by Crippen LogP contribution is 2.05. The van der Waals surface area contributed by atoms with Gasteiger partial charge in [-0.3, -0.25) is 0 Å². The van der Waals surface area contributed by atoms with Crippen molar-refractivity contribution < 1.29 is 4.92 Å². The van der Waals surface area contributed by atoms with Gasteiger partial charge in [0.25, 0.3) is 0 Å². The molecule has 0 saturated carbocycles. The Morgan fingerprint density at radius 1 is 1.75 bits per heavy atom. The molecule has 12 heavy (non-hydrogen) atoms. The summed E-state index contributed by atoms with van der Waals surface area (Å²) in [5.74, 6) is 0.316. The highest BCUT2D eigenvalue weighted by molar-refractivity contribution is 6.33. The van der Waals surface area contributed by atoms with E-state index in [2.05, 4.69) is 4.98 Å². The van der Waals surface area contributed by atoms with Gasteiger partial charge in [0.2, 0.25) is 5.82 Å². The van der Waals surface area contributed by atoms with E-state index in [1.54, 1.807) is 11.5 Å². The molecule has 0 spiro atoms. The lowest BCUT2D eigenvalue weighted by molar-refractivity contribution is -0.388.